The smallest absolute Gasteiger partial charge is 0.421 e. The van der Waals surface area contributed by atoms with E-state index in [4.69, 9.17) is 9.47 Å². The zero-order chi connectivity index (χ0) is 19.1. The van der Waals surface area contributed by atoms with Crippen LogP contribution in [0, 0.1) is 0 Å². The van der Waals surface area contributed by atoms with Gasteiger partial charge in [-0.3, -0.25) is 4.90 Å². The summed E-state index contributed by atoms with van der Waals surface area (Å²) in [6.07, 6.45) is -12.3. The largest absolute Gasteiger partial charge is 0.444 e. The summed E-state index contributed by atoms with van der Waals surface area (Å²) in [7, 11) is 0. The lowest BCUT2D eigenvalue weighted by atomic mass is 10.1. The van der Waals surface area contributed by atoms with Gasteiger partial charge in [0.1, 0.15) is 16.9 Å². The van der Waals surface area contributed by atoms with E-state index in [0.29, 0.717) is 0 Å². The predicted molar refractivity (Wildman–Crippen MR) is 72.1 cm³/mol. The number of carbonyl (C=O) groups excluding carboxylic acids is 1. The van der Waals surface area contributed by atoms with Crippen LogP contribution in [0.2, 0.25) is 0 Å². The molecule has 1 amide bonds. The number of hydrogen-bond acceptors (Lipinski definition) is 3. The van der Waals surface area contributed by atoms with Gasteiger partial charge in [0.25, 0.3) is 0 Å². The second kappa shape index (κ2) is 6.12. The molecule has 1 rings (SSSR count). The molecule has 1 atom stereocenters. The van der Waals surface area contributed by atoms with Crippen molar-refractivity contribution in [2.45, 2.75) is 64.3 Å². The molecule has 0 aliphatic carbocycles. The first-order chi connectivity index (χ1) is 10.5. The van der Waals surface area contributed by atoms with Gasteiger partial charge < -0.3 is 9.47 Å². The first-order valence-electron chi connectivity index (χ1n) is 6.97. The van der Waals surface area contributed by atoms with E-state index in [1.165, 1.54) is 34.6 Å². The van der Waals surface area contributed by atoms with Crippen molar-refractivity contribution in [3.05, 3.63) is 11.6 Å². The third-order valence-corrected chi connectivity index (χ3v) is 3.08. The summed E-state index contributed by atoms with van der Waals surface area (Å²) < 4.78 is 86.4. The minimum atomic E-state index is -5.61. The lowest BCUT2D eigenvalue weighted by Crippen LogP contribution is -2.49. The highest BCUT2D eigenvalue weighted by atomic mass is 19.4. The van der Waals surface area contributed by atoms with Gasteiger partial charge in [0, 0.05) is 0 Å². The number of hydrogen-bond donors (Lipinski definition) is 0. The van der Waals surface area contributed by atoms with Gasteiger partial charge in [-0.05, 0) is 40.7 Å². The summed E-state index contributed by atoms with van der Waals surface area (Å²) >= 11 is 0. The van der Waals surface area contributed by atoms with Crippen LogP contribution in [0.3, 0.4) is 0 Å². The van der Waals surface area contributed by atoms with E-state index < -0.39 is 48.0 Å². The third kappa shape index (κ3) is 5.02. The predicted octanol–water partition coefficient (Wildman–Crippen LogP) is 4.41. The second-order valence-corrected chi connectivity index (χ2v) is 6.75. The van der Waals surface area contributed by atoms with Crippen LogP contribution in [-0.4, -0.2) is 47.3 Å². The highest BCUT2D eigenvalue weighted by Gasteiger charge is 2.53. The van der Waals surface area contributed by atoms with Crippen LogP contribution in [0.25, 0.3) is 0 Å². The molecule has 0 aromatic rings. The van der Waals surface area contributed by atoms with Crippen molar-refractivity contribution >= 4 is 6.09 Å². The Morgan fingerprint density at radius 1 is 1.12 bits per heavy atom. The molecule has 1 aliphatic heterocycles. The van der Waals surface area contributed by atoms with Crippen LogP contribution in [0.4, 0.5) is 31.1 Å². The molecule has 0 radical (unpaired) electrons. The fourth-order valence-corrected chi connectivity index (χ4v) is 2.16. The Hall–Kier alpha value is -1.45. The molecule has 1 heterocycles. The number of allylic oxidation sites excluding steroid dienone is 1. The Bertz CT molecular complexity index is 500. The van der Waals surface area contributed by atoms with Gasteiger partial charge in [0.15, 0.2) is 0 Å². The van der Waals surface area contributed by atoms with Crippen molar-refractivity contribution in [1.29, 1.82) is 0 Å². The number of amides is 1. The Morgan fingerprint density at radius 3 is 1.96 bits per heavy atom. The molecule has 10 heteroatoms. The first kappa shape index (κ1) is 20.6. The molecule has 1 aliphatic rings. The van der Waals surface area contributed by atoms with E-state index in [-0.39, 0.29) is 6.08 Å². The van der Waals surface area contributed by atoms with E-state index in [1.54, 1.807) is 0 Å². The van der Waals surface area contributed by atoms with Crippen LogP contribution >= 0.6 is 0 Å². The van der Waals surface area contributed by atoms with Crippen molar-refractivity contribution in [1.82, 2.24) is 4.90 Å². The molecule has 1 fully saturated rings. The maximum absolute atomic E-state index is 12.7. The second-order valence-electron chi connectivity index (χ2n) is 6.75. The molecule has 0 aromatic heterocycles. The molecule has 1 saturated heterocycles. The van der Waals surface area contributed by atoms with Crippen LogP contribution in [0.1, 0.15) is 34.6 Å². The normalized spacial score (nSPS) is 21.6. The highest BCUT2D eigenvalue weighted by Crippen LogP contribution is 2.40. The summed E-state index contributed by atoms with van der Waals surface area (Å²) in [5.41, 5.74) is -5.07. The zero-order valence-corrected chi connectivity index (χ0v) is 13.8. The number of nitrogens with zero attached hydrogens (tertiary/aromatic N) is 1. The third-order valence-electron chi connectivity index (χ3n) is 3.08. The van der Waals surface area contributed by atoms with Crippen molar-refractivity contribution < 1.29 is 40.6 Å². The van der Waals surface area contributed by atoms with Gasteiger partial charge >= 0.3 is 18.4 Å². The Kier molecular flexibility index (Phi) is 5.25. The molecule has 0 N–H and O–H groups in total. The quantitative estimate of drug-likeness (QED) is 0.512. The molecule has 24 heavy (non-hydrogen) atoms. The molecule has 140 valence electrons. The monoisotopic (exact) mass is 363 g/mol. The average molecular weight is 363 g/mol. The van der Waals surface area contributed by atoms with Crippen LogP contribution in [0.15, 0.2) is 11.6 Å². The average Bonchev–Trinajstić information content (AvgIpc) is 2.55. The minimum absolute atomic E-state index is 0.0430. The fourth-order valence-electron chi connectivity index (χ4n) is 2.16. The Labute approximate surface area is 135 Å². The van der Waals surface area contributed by atoms with Crippen molar-refractivity contribution in [2.75, 3.05) is 6.61 Å². The fraction of sp³-hybridized carbons (Fsp3) is 0.786. The molecule has 0 aromatic carbocycles. The lowest BCUT2D eigenvalue weighted by molar-refractivity contribution is -0.172. The van der Waals surface area contributed by atoms with E-state index in [9.17, 15) is 31.1 Å². The maximum Gasteiger partial charge on any atom is 0.421 e. The lowest BCUT2D eigenvalue weighted by Gasteiger charge is -2.34. The molecule has 0 spiro atoms. The number of ether oxygens (including phenoxy) is 2. The molecule has 0 saturated carbocycles. The van der Waals surface area contributed by atoms with Gasteiger partial charge in [0.2, 0.25) is 0 Å². The molecule has 1 unspecified atom stereocenters. The van der Waals surface area contributed by atoms with Crippen LogP contribution in [-0.2, 0) is 9.47 Å². The molecular weight excluding hydrogens is 344 g/mol. The molecule has 0 bridgehead atoms. The standard InChI is InChI=1S/C14H19F6NO3/c1-11(2,3)24-10(22)21-8(7-23-12(21,4)5)6-9(13(15,16)17)14(18,19)20/h6,8H,7H2,1-5H3. The van der Waals surface area contributed by atoms with E-state index in [2.05, 4.69) is 0 Å². The molecule has 4 nitrogen and oxygen atoms in total. The van der Waals surface area contributed by atoms with Gasteiger partial charge in [-0.2, -0.15) is 26.3 Å². The van der Waals surface area contributed by atoms with E-state index >= 15 is 0 Å². The van der Waals surface area contributed by atoms with Crippen LogP contribution < -0.4 is 0 Å². The van der Waals surface area contributed by atoms with Crippen LogP contribution in [0.5, 0.6) is 0 Å². The molecular formula is C14H19F6NO3. The number of halogens is 6. The van der Waals surface area contributed by atoms with Gasteiger partial charge in [0.05, 0.1) is 12.6 Å². The van der Waals surface area contributed by atoms with Crippen molar-refractivity contribution in [2.24, 2.45) is 0 Å². The maximum atomic E-state index is 12.7. The van der Waals surface area contributed by atoms with Gasteiger partial charge in [-0.15, -0.1) is 0 Å². The number of alkyl halides is 6. The zero-order valence-electron chi connectivity index (χ0n) is 13.8. The summed E-state index contributed by atoms with van der Waals surface area (Å²) in [6.45, 7) is 6.77. The van der Waals surface area contributed by atoms with E-state index in [0.717, 1.165) is 4.90 Å². The first-order valence-corrected chi connectivity index (χ1v) is 6.97. The van der Waals surface area contributed by atoms with Crippen molar-refractivity contribution in [3.63, 3.8) is 0 Å². The van der Waals surface area contributed by atoms with E-state index in [1.807, 2.05) is 0 Å². The summed E-state index contributed by atoms with van der Waals surface area (Å²) in [4.78, 5) is 12.9. The summed E-state index contributed by atoms with van der Waals surface area (Å²) in [5.74, 6) is 0. The Morgan fingerprint density at radius 2 is 1.58 bits per heavy atom. The number of rotatable bonds is 1. The SMILES string of the molecule is CC(C)(C)OC(=O)N1C(C=C(C(F)(F)F)C(F)(F)F)COC1(C)C. The highest BCUT2D eigenvalue weighted by molar-refractivity contribution is 5.70. The number of carbonyl (C=O) groups is 1. The van der Waals surface area contributed by atoms with Crippen molar-refractivity contribution in [3.8, 4) is 0 Å². The summed E-state index contributed by atoms with van der Waals surface area (Å²) in [5, 5.41) is 0. The Balaban J connectivity index is 3.25. The van der Waals surface area contributed by atoms with Gasteiger partial charge in [-0.25, -0.2) is 4.79 Å². The summed E-state index contributed by atoms with van der Waals surface area (Å²) in [6, 6.07) is -1.56. The minimum Gasteiger partial charge on any atom is -0.444 e. The van der Waals surface area contributed by atoms with Gasteiger partial charge in [-0.1, -0.05) is 0 Å². The topological polar surface area (TPSA) is 38.8 Å².